The van der Waals surface area contributed by atoms with Crippen molar-refractivity contribution in [1.29, 1.82) is 0 Å². The molecule has 0 fully saturated rings. The topological polar surface area (TPSA) is 44.5 Å². The van der Waals surface area contributed by atoms with Crippen molar-refractivity contribution >= 4 is 5.69 Å². The molecule has 1 rings (SSSR count). The molecule has 2 N–H and O–H groups in total. The highest BCUT2D eigenvalue weighted by Gasteiger charge is 2.05. The van der Waals surface area contributed by atoms with Crippen LogP contribution < -0.4 is 15.2 Å². The number of hydrogen-bond acceptors (Lipinski definition) is 3. The van der Waals surface area contributed by atoms with Crippen LogP contribution >= 0.6 is 0 Å². The van der Waals surface area contributed by atoms with Gasteiger partial charge in [-0.1, -0.05) is 6.92 Å². The molecule has 5 heteroatoms. The molecule has 1 aromatic rings. The van der Waals surface area contributed by atoms with Crippen molar-refractivity contribution in [3.05, 3.63) is 18.2 Å². The highest BCUT2D eigenvalue weighted by Crippen LogP contribution is 2.24. The molecule has 0 spiro atoms. The van der Waals surface area contributed by atoms with E-state index in [9.17, 15) is 8.78 Å². The van der Waals surface area contributed by atoms with Crippen LogP contribution in [0.2, 0.25) is 0 Å². The van der Waals surface area contributed by atoms with E-state index in [-0.39, 0.29) is 0 Å². The second-order valence-electron chi connectivity index (χ2n) is 3.29. The zero-order valence-electron chi connectivity index (χ0n) is 9.08. The highest BCUT2D eigenvalue weighted by atomic mass is 19.3. The van der Waals surface area contributed by atoms with Gasteiger partial charge in [-0.05, 0) is 6.42 Å². The maximum absolute atomic E-state index is 11.9. The van der Waals surface area contributed by atoms with Gasteiger partial charge < -0.3 is 15.2 Å². The minimum atomic E-state index is -2.50. The number of hydrogen-bond donors (Lipinski definition) is 1. The number of nitrogen functional groups attached to an aromatic ring is 1. The van der Waals surface area contributed by atoms with Gasteiger partial charge in [-0.3, -0.25) is 0 Å². The summed E-state index contributed by atoms with van der Waals surface area (Å²) in [6, 6.07) is 4.67. The molecule has 0 aliphatic rings. The normalized spacial score (nSPS) is 10.5. The Hall–Kier alpha value is -1.52. The standard InChI is InChI=1S/C11H15F2NO2/c1-2-3-15-9-4-8(14)5-10(6-9)16-7-11(12)13/h4-6,11H,2-3,7,14H2,1H3. The van der Waals surface area contributed by atoms with Crippen molar-refractivity contribution in [1.82, 2.24) is 0 Å². The van der Waals surface area contributed by atoms with Crippen molar-refractivity contribution < 1.29 is 18.3 Å². The monoisotopic (exact) mass is 231 g/mol. The fourth-order valence-corrected chi connectivity index (χ4v) is 1.14. The van der Waals surface area contributed by atoms with Crippen LogP contribution in [0, 0.1) is 0 Å². The van der Waals surface area contributed by atoms with E-state index in [0.717, 1.165) is 6.42 Å². The summed E-state index contributed by atoms with van der Waals surface area (Å²) >= 11 is 0. The van der Waals surface area contributed by atoms with Crippen LogP contribution in [0.3, 0.4) is 0 Å². The van der Waals surface area contributed by atoms with Gasteiger partial charge in [0.05, 0.1) is 6.61 Å². The van der Waals surface area contributed by atoms with E-state index >= 15 is 0 Å². The summed E-state index contributed by atoms with van der Waals surface area (Å²) in [6.45, 7) is 1.88. The van der Waals surface area contributed by atoms with Crippen LogP contribution in [0.25, 0.3) is 0 Å². The van der Waals surface area contributed by atoms with Gasteiger partial charge in [0.25, 0.3) is 6.43 Å². The molecule has 90 valence electrons. The number of halogens is 2. The van der Waals surface area contributed by atoms with Gasteiger partial charge in [-0.2, -0.15) is 0 Å². The average molecular weight is 231 g/mol. The minimum absolute atomic E-state index is 0.298. The molecule has 0 saturated carbocycles. The van der Waals surface area contributed by atoms with Gasteiger partial charge in [-0.15, -0.1) is 0 Å². The summed E-state index contributed by atoms with van der Waals surface area (Å²) < 4.78 is 34.1. The number of nitrogens with two attached hydrogens (primary N) is 1. The van der Waals surface area contributed by atoms with Crippen molar-refractivity contribution in [2.75, 3.05) is 18.9 Å². The van der Waals surface area contributed by atoms with Gasteiger partial charge in [0.2, 0.25) is 0 Å². The fourth-order valence-electron chi connectivity index (χ4n) is 1.14. The Kier molecular flexibility index (Phi) is 4.82. The second kappa shape index (κ2) is 6.15. The summed E-state index contributed by atoms with van der Waals surface area (Å²) in [5.41, 5.74) is 6.02. The Morgan fingerprint density at radius 3 is 2.38 bits per heavy atom. The highest BCUT2D eigenvalue weighted by molar-refractivity contribution is 5.50. The number of ether oxygens (including phenoxy) is 2. The van der Waals surface area contributed by atoms with Crippen LogP contribution in [0.4, 0.5) is 14.5 Å². The van der Waals surface area contributed by atoms with Crippen LogP contribution in [0.1, 0.15) is 13.3 Å². The third-order valence-corrected chi connectivity index (χ3v) is 1.75. The van der Waals surface area contributed by atoms with Crippen LogP contribution in [-0.4, -0.2) is 19.6 Å². The summed E-state index contributed by atoms with van der Waals surface area (Å²) in [6.07, 6.45) is -1.64. The van der Waals surface area contributed by atoms with Gasteiger partial charge in [-0.25, -0.2) is 8.78 Å². The summed E-state index contributed by atoms with van der Waals surface area (Å²) in [5.74, 6) is 0.831. The van der Waals surface area contributed by atoms with Gasteiger partial charge in [0.15, 0.2) is 0 Å². The largest absolute Gasteiger partial charge is 0.493 e. The summed E-state index contributed by atoms with van der Waals surface area (Å²) in [5, 5.41) is 0. The molecule has 0 amide bonds. The fraction of sp³-hybridized carbons (Fsp3) is 0.455. The molecule has 0 aliphatic heterocycles. The Labute approximate surface area is 93.2 Å². The molecule has 0 aliphatic carbocycles. The first-order chi connectivity index (χ1) is 7.61. The third-order valence-electron chi connectivity index (χ3n) is 1.75. The van der Waals surface area contributed by atoms with Crippen molar-refractivity contribution in [3.8, 4) is 11.5 Å². The molecule has 16 heavy (non-hydrogen) atoms. The predicted octanol–water partition coefficient (Wildman–Crippen LogP) is 2.70. The molecule has 0 heterocycles. The van der Waals surface area contributed by atoms with Crippen molar-refractivity contribution in [2.24, 2.45) is 0 Å². The van der Waals surface area contributed by atoms with Crippen LogP contribution in [0.15, 0.2) is 18.2 Å². The lowest BCUT2D eigenvalue weighted by atomic mass is 10.3. The molecule has 0 bridgehead atoms. The van der Waals surface area contributed by atoms with Crippen LogP contribution in [-0.2, 0) is 0 Å². The molecule has 0 unspecified atom stereocenters. The van der Waals surface area contributed by atoms with E-state index in [1.165, 1.54) is 6.07 Å². The van der Waals surface area contributed by atoms with Gasteiger partial charge in [0, 0.05) is 23.9 Å². The average Bonchev–Trinajstić information content (AvgIpc) is 2.23. The number of anilines is 1. The smallest absolute Gasteiger partial charge is 0.272 e. The zero-order chi connectivity index (χ0) is 12.0. The minimum Gasteiger partial charge on any atom is -0.493 e. The molecule has 0 atom stereocenters. The SMILES string of the molecule is CCCOc1cc(N)cc(OCC(F)F)c1. The van der Waals surface area contributed by atoms with E-state index in [4.69, 9.17) is 15.2 Å². The Morgan fingerprint density at radius 2 is 1.81 bits per heavy atom. The lowest BCUT2D eigenvalue weighted by molar-refractivity contribution is 0.0817. The first-order valence-electron chi connectivity index (χ1n) is 5.06. The van der Waals surface area contributed by atoms with Gasteiger partial charge in [0.1, 0.15) is 18.1 Å². The van der Waals surface area contributed by atoms with Crippen molar-refractivity contribution in [2.45, 2.75) is 19.8 Å². The maximum Gasteiger partial charge on any atom is 0.272 e. The molecule has 3 nitrogen and oxygen atoms in total. The Balaban J connectivity index is 2.65. The van der Waals surface area contributed by atoms with E-state index in [1.54, 1.807) is 12.1 Å². The molecular weight excluding hydrogens is 216 g/mol. The quantitative estimate of drug-likeness (QED) is 0.765. The third kappa shape index (κ3) is 4.33. The molecule has 0 radical (unpaired) electrons. The van der Waals surface area contributed by atoms with E-state index in [1.807, 2.05) is 6.92 Å². The molecule has 0 saturated heterocycles. The molecular formula is C11H15F2NO2. The molecule has 0 aromatic heterocycles. The number of rotatable bonds is 6. The predicted molar refractivity (Wildman–Crippen MR) is 58.1 cm³/mol. The number of benzene rings is 1. The first-order valence-corrected chi connectivity index (χ1v) is 5.06. The summed E-state index contributed by atoms with van der Waals surface area (Å²) in [4.78, 5) is 0. The lowest BCUT2D eigenvalue weighted by Gasteiger charge is -2.10. The molecule has 1 aromatic carbocycles. The van der Waals surface area contributed by atoms with E-state index in [0.29, 0.717) is 23.8 Å². The van der Waals surface area contributed by atoms with E-state index in [2.05, 4.69) is 0 Å². The number of alkyl halides is 2. The maximum atomic E-state index is 11.9. The second-order valence-corrected chi connectivity index (χ2v) is 3.29. The first kappa shape index (κ1) is 12.5. The lowest BCUT2D eigenvalue weighted by Crippen LogP contribution is -2.07. The van der Waals surface area contributed by atoms with Crippen LogP contribution in [0.5, 0.6) is 11.5 Å². The zero-order valence-corrected chi connectivity index (χ0v) is 9.08. The Morgan fingerprint density at radius 1 is 1.19 bits per heavy atom. The summed E-state index contributed by atoms with van der Waals surface area (Å²) in [7, 11) is 0. The van der Waals surface area contributed by atoms with Crippen molar-refractivity contribution in [3.63, 3.8) is 0 Å². The van der Waals surface area contributed by atoms with E-state index < -0.39 is 13.0 Å². The van der Waals surface area contributed by atoms with Gasteiger partial charge >= 0.3 is 0 Å². The Bertz CT molecular complexity index is 332.